The van der Waals surface area contributed by atoms with Crippen molar-refractivity contribution < 1.29 is 4.79 Å². The summed E-state index contributed by atoms with van der Waals surface area (Å²) in [6.07, 6.45) is 0. The molecule has 1 aliphatic rings. The summed E-state index contributed by atoms with van der Waals surface area (Å²) in [6, 6.07) is 0.421. The molecular weight excluding hydrogens is 152 g/mol. The zero-order chi connectivity index (χ0) is 9.30. The summed E-state index contributed by atoms with van der Waals surface area (Å²) in [6.45, 7) is 7.23. The second-order valence-corrected chi connectivity index (χ2v) is 3.65. The summed E-state index contributed by atoms with van der Waals surface area (Å²) in [7, 11) is 4.03. The van der Waals surface area contributed by atoms with Crippen LogP contribution in [-0.2, 0) is 4.79 Å². The van der Waals surface area contributed by atoms with Gasteiger partial charge >= 0.3 is 0 Å². The van der Waals surface area contributed by atoms with Crippen LogP contribution in [0.3, 0.4) is 0 Å². The third-order valence-electron chi connectivity index (χ3n) is 1.92. The quantitative estimate of drug-likeness (QED) is 0.448. The van der Waals surface area contributed by atoms with Gasteiger partial charge in [-0.25, -0.2) is 0 Å². The van der Waals surface area contributed by atoms with Gasteiger partial charge in [-0.05, 0) is 21.0 Å². The first-order valence-corrected chi connectivity index (χ1v) is 4.13. The minimum Gasteiger partial charge on any atom is -0.331 e. The summed E-state index contributed by atoms with van der Waals surface area (Å²) < 4.78 is 0. The molecule has 1 aliphatic heterocycles. The molecule has 68 valence electrons. The summed E-state index contributed by atoms with van der Waals surface area (Å²) in [5.41, 5.74) is 0.635. The first-order valence-electron chi connectivity index (χ1n) is 4.13. The topological polar surface area (TPSA) is 23.3 Å². The van der Waals surface area contributed by atoms with E-state index in [1.807, 2.05) is 19.0 Å². The minimum absolute atomic E-state index is 0.0989. The average molecular weight is 168 g/mol. The second-order valence-electron chi connectivity index (χ2n) is 3.65. The highest BCUT2D eigenvalue weighted by Crippen LogP contribution is 2.19. The molecule has 0 aliphatic carbocycles. The van der Waals surface area contributed by atoms with E-state index in [4.69, 9.17) is 0 Å². The van der Waals surface area contributed by atoms with Crippen molar-refractivity contribution in [2.24, 2.45) is 0 Å². The fourth-order valence-electron chi connectivity index (χ4n) is 1.25. The van der Waals surface area contributed by atoms with Crippen molar-refractivity contribution in [2.45, 2.75) is 13.0 Å². The monoisotopic (exact) mass is 168 g/mol. The standard InChI is InChI=1S/C9H16N2O/c1-7(2)9(12)11-6-8(11)5-10(3)4/h8H,1,5-6H2,2-4H3. The molecule has 1 heterocycles. The van der Waals surface area contributed by atoms with Crippen LogP contribution in [-0.4, -0.2) is 48.9 Å². The number of rotatable bonds is 3. The molecular formula is C9H16N2O. The molecule has 0 N–H and O–H groups in total. The SMILES string of the molecule is C=C(C)C(=O)N1CC1CN(C)C. The van der Waals surface area contributed by atoms with Gasteiger partial charge in [0, 0.05) is 18.7 Å². The molecule has 0 saturated carbocycles. The smallest absolute Gasteiger partial charge is 0.249 e. The molecule has 1 amide bonds. The molecule has 0 aromatic carbocycles. The maximum atomic E-state index is 11.3. The Morgan fingerprint density at radius 3 is 2.67 bits per heavy atom. The average Bonchev–Trinajstić information content (AvgIpc) is 2.64. The summed E-state index contributed by atoms with van der Waals surface area (Å²) in [4.78, 5) is 15.2. The summed E-state index contributed by atoms with van der Waals surface area (Å²) in [5, 5.41) is 0. The van der Waals surface area contributed by atoms with Gasteiger partial charge in [-0.15, -0.1) is 0 Å². The van der Waals surface area contributed by atoms with Crippen LogP contribution in [0.2, 0.25) is 0 Å². The van der Waals surface area contributed by atoms with E-state index < -0.39 is 0 Å². The highest BCUT2D eigenvalue weighted by atomic mass is 16.2. The molecule has 3 heteroatoms. The van der Waals surface area contributed by atoms with Crippen molar-refractivity contribution in [3.8, 4) is 0 Å². The molecule has 0 bridgehead atoms. The van der Waals surface area contributed by atoms with Gasteiger partial charge in [0.15, 0.2) is 0 Å². The van der Waals surface area contributed by atoms with Gasteiger partial charge in [-0.2, -0.15) is 0 Å². The van der Waals surface area contributed by atoms with Crippen LogP contribution in [0.25, 0.3) is 0 Å². The Balaban J connectivity index is 2.33. The number of hydrogen-bond acceptors (Lipinski definition) is 2. The van der Waals surface area contributed by atoms with E-state index in [9.17, 15) is 4.79 Å². The molecule has 1 fully saturated rings. The molecule has 1 saturated heterocycles. The molecule has 0 radical (unpaired) electrons. The lowest BCUT2D eigenvalue weighted by Gasteiger charge is -2.08. The molecule has 1 atom stereocenters. The van der Waals surface area contributed by atoms with Crippen LogP contribution in [0.5, 0.6) is 0 Å². The molecule has 0 spiro atoms. The van der Waals surface area contributed by atoms with Crippen molar-refractivity contribution >= 4 is 5.91 Å². The Kier molecular flexibility index (Phi) is 2.52. The molecule has 1 rings (SSSR count). The fourth-order valence-corrected chi connectivity index (χ4v) is 1.25. The van der Waals surface area contributed by atoms with Crippen LogP contribution in [0.4, 0.5) is 0 Å². The van der Waals surface area contributed by atoms with Crippen LogP contribution < -0.4 is 0 Å². The normalized spacial score (nSPS) is 21.3. The number of nitrogens with zero attached hydrogens (tertiary/aromatic N) is 2. The maximum Gasteiger partial charge on any atom is 0.249 e. The fraction of sp³-hybridized carbons (Fsp3) is 0.667. The number of hydrogen-bond donors (Lipinski definition) is 0. The van der Waals surface area contributed by atoms with Gasteiger partial charge in [-0.1, -0.05) is 6.58 Å². The Morgan fingerprint density at radius 2 is 2.25 bits per heavy atom. The van der Waals surface area contributed by atoms with Gasteiger partial charge < -0.3 is 9.80 Å². The highest BCUT2D eigenvalue weighted by Gasteiger charge is 2.38. The first-order chi connectivity index (χ1) is 5.52. The maximum absolute atomic E-state index is 11.3. The molecule has 12 heavy (non-hydrogen) atoms. The lowest BCUT2D eigenvalue weighted by atomic mass is 10.3. The van der Waals surface area contributed by atoms with E-state index in [0.717, 1.165) is 13.1 Å². The van der Waals surface area contributed by atoms with Crippen molar-refractivity contribution in [1.29, 1.82) is 0 Å². The Labute approximate surface area is 73.6 Å². The van der Waals surface area contributed by atoms with Crippen LogP contribution in [0.1, 0.15) is 6.92 Å². The zero-order valence-electron chi connectivity index (χ0n) is 8.00. The molecule has 0 aromatic heterocycles. The molecule has 1 unspecified atom stereocenters. The van der Waals surface area contributed by atoms with Gasteiger partial charge in [0.05, 0.1) is 6.04 Å². The van der Waals surface area contributed by atoms with Gasteiger partial charge in [-0.3, -0.25) is 4.79 Å². The third-order valence-corrected chi connectivity index (χ3v) is 1.92. The van der Waals surface area contributed by atoms with Crippen molar-refractivity contribution in [3.63, 3.8) is 0 Å². The van der Waals surface area contributed by atoms with Crippen LogP contribution in [0, 0.1) is 0 Å². The molecule has 0 aromatic rings. The van der Waals surface area contributed by atoms with Gasteiger partial charge in [0.2, 0.25) is 5.91 Å². The Bertz CT molecular complexity index is 211. The Hall–Kier alpha value is -0.830. The first kappa shape index (κ1) is 9.26. The van der Waals surface area contributed by atoms with E-state index >= 15 is 0 Å². The van der Waals surface area contributed by atoms with Gasteiger partial charge in [0.1, 0.15) is 0 Å². The Morgan fingerprint density at radius 1 is 1.67 bits per heavy atom. The van der Waals surface area contributed by atoms with Crippen molar-refractivity contribution in [3.05, 3.63) is 12.2 Å². The van der Waals surface area contributed by atoms with Crippen LogP contribution >= 0.6 is 0 Å². The van der Waals surface area contributed by atoms with Gasteiger partial charge in [0.25, 0.3) is 0 Å². The number of amides is 1. The predicted octanol–water partition coefficient (Wildman–Crippen LogP) is 0.335. The minimum atomic E-state index is 0.0989. The van der Waals surface area contributed by atoms with E-state index in [2.05, 4.69) is 11.5 Å². The second kappa shape index (κ2) is 3.27. The van der Waals surface area contributed by atoms with Crippen molar-refractivity contribution in [2.75, 3.05) is 27.2 Å². The van der Waals surface area contributed by atoms with E-state index in [0.29, 0.717) is 11.6 Å². The van der Waals surface area contributed by atoms with E-state index in [1.54, 1.807) is 6.92 Å². The lowest BCUT2D eigenvalue weighted by Crippen LogP contribution is -2.23. The largest absolute Gasteiger partial charge is 0.331 e. The molecule has 3 nitrogen and oxygen atoms in total. The van der Waals surface area contributed by atoms with E-state index in [-0.39, 0.29) is 5.91 Å². The number of carbonyl (C=O) groups excluding carboxylic acids is 1. The highest BCUT2D eigenvalue weighted by molar-refractivity contribution is 5.94. The summed E-state index contributed by atoms with van der Waals surface area (Å²) in [5.74, 6) is 0.0989. The van der Waals surface area contributed by atoms with Crippen molar-refractivity contribution in [1.82, 2.24) is 9.80 Å². The van der Waals surface area contributed by atoms with Crippen LogP contribution in [0.15, 0.2) is 12.2 Å². The number of carbonyl (C=O) groups is 1. The summed E-state index contributed by atoms with van der Waals surface area (Å²) >= 11 is 0. The number of likely N-dealkylation sites (N-methyl/N-ethyl adjacent to an activating group) is 1. The van der Waals surface area contributed by atoms with E-state index in [1.165, 1.54) is 0 Å². The predicted molar refractivity (Wildman–Crippen MR) is 48.9 cm³/mol. The third kappa shape index (κ3) is 2.08. The lowest BCUT2D eigenvalue weighted by molar-refractivity contribution is -0.122. The zero-order valence-corrected chi connectivity index (χ0v) is 8.00.